The average molecular weight is 1600 g/mol. The third-order valence-electron chi connectivity index (χ3n) is 21.4. The van der Waals surface area contributed by atoms with Gasteiger partial charge in [0, 0.05) is 123 Å². The van der Waals surface area contributed by atoms with E-state index < -0.39 is 0 Å². The largest absolute Gasteiger partial charge is 0.507 e. The van der Waals surface area contributed by atoms with Crippen molar-refractivity contribution < 1.29 is 56.3 Å². The second kappa shape index (κ2) is 37.7. The molecule has 4 aromatic heterocycles. The van der Waals surface area contributed by atoms with Gasteiger partial charge in [-0.25, -0.2) is 0 Å². The molecule has 10 heterocycles. The van der Waals surface area contributed by atoms with E-state index in [9.17, 15) is 38.7 Å². The van der Waals surface area contributed by atoms with Crippen molar-refractivity contribution in [3.8, 4) is 51.0 Å². The van der Waals surface area contributed by atoms with Crippen LogP contribution in [-0.2, 0) is 28.8 Å². The molecule has 0 saturated carbocycles. The lowest BCUT2D eigenvalue weighted by Crippen LogP contribution is -2.33. The number of fused-ring (bicyclic) bond motifs is 4. The van der Waals surface area contributed by atoms with Gasteiger partial charge in [-0.3, -0.25) is 33.6 Å². The van der Waals surface area contributed by atoms with Crippen LogP contribution < -0.4 is 43.0 Å². The normalized spacial score (nSPS) is 15.7. The van der Waals surface area contributed by atoms with Crippen LogP contribution in [0.25, 0.3) is 91.9 Å². The first-order chi connectivity index (χ1) is 58.5. The fraction of sp³-hybridized carbons (Fsp3) is 0.186. The molecule has 0 unspecified atom stereocenters. The molecule has 23 nitrogen and oxygen atoms in total. The van der Waals surface area contributed by atoms with E-state index in [1.165, 1.54) is 31.7 Å². The van der Waals surface area contributed by atoms with Crippen LogP contribution in [0.3, 0.4) is 0 Å². The molecule has 0 spiro atoms. The molecule has 6 aliphatic heterocycles. The number of nitrogens with two attached hydrogens (primary N) is 1. The minimum absolute atomic E-state index is 0.00942. The highest BCUT2D eigenvalue weighted by atomic mass is 16.4. The Labute approximate surface area is 694 Å². The molecule has 18 rings (SSSR count). The summed E-state index contributed by atoms with van der Waals surface area (Å²) in [5.74, 6) is 3.98. The smallest absolute Gasteiger partial charge is 0.256 e. The number of furan rings is 4. The lowest BCUT2D eigenvalue weighted by Gasteiger charge is -2.17. The number of phenolic OH excluding ortho intramolecular Hbond substituents is 1. The van der Waals surface area contributed by atoms with Crippen molar-refractivity contribution in [2.24, 2.45) is 0 Å². The van der Waals surface area contributed by atoms with Crippen LogP contribution >= 0.6 is 0 Å². The van der Waals surface area contributed by atoms with Crippen molar-refractivity contribution in [2.45, 2.75) is 52.4 Å². The maximum Gasteiger partial charge on any atom is 0.256 e. The first-order valence-electron chi connectivity index (χ1n) is 40.4. The molecule has 23 heteroatoms. The molecule has 6 aliphatic rings. The molecule has 12 aromatic rings. The molecule has 10 N–H and O–H groups in total. The second-order valence-electron chi connectivity index (χ2n) is 29.5. The zero-order valence-electron chi connectivity index (χ0n) is 66.5. The minimum Gasteiger partial charge on any atom is -0.507 e. The van der Waals surface area contributed by atoms with Crippen molar-refractivity contribution in [3.05, 3.63) is 287 Å². The van der Waals surface area contributed by atoms with E-state index in [0.717, 1.165) is 138 Å². The van der Waals surface area contributed by atoms with E-state index in [-0.39, 0.29) is 52.7 Å². The molecule has 120 heavy (non-hydrogen) atoms. The van der Waals surface area contributed by atoms with Crippen LogP contribution in [0.15, 0.2) is 254 Å². The monoisotopic (exact) mass is 1600 g/mol. The van der Waals surface area contributed by atoms with Crippen molar-refractivity contribution in [1.29, 1.82) is 0 Å². The van der Waals surface area contributed by atoms with Crippen molar-refractivity contribution in [2.75, 3.05) is 103 Å². The molecule has 7 amide bonds. The molecule has 606 valence electrons. The number of aromatic hydroxyl groups is 1. The predicted octanol–water partition coefficient (Wildman–Crippen LogP) is 18.0. The first kappa shape index (κ1) is 80.8. The van der Waals surface area contributed by atoms with Crippen LogP contribution in [0.1, 0.15) is 108 Å². The molecule has 0 atom stereocenters. The number of carbonyl (C=O) groups is 7. The van der Waals surface area contributed by atoms with Gasteiger partial charge in [0.25, 0.3) is 29.5 Å². The summed E-state index contributed by atoms with van der Waals surface area (Å²) in [5.41, 5.74) is 20.4. The summed E-state index contributed by atoms with van der Waals surface area (Å²) in [7, 11) is 0. The van der Waals surface area contributed by atoms with Crippen LogP contribution in [0.2, 0.25) is 0 Å². The third kappa shape index (κ3) is 19.8. The number of para-hydroxylation sites is 4. The van der Waals surface area contributed by atoms with Crippen molar-refractivity contribution in [1.82, 2.24) is 20.0 Å². The van der Waals surface area contributed by atoms with Gasteiger partial charge in [-0.1, -0.05) is 129 Å². The third-order valence-corrected chi connectivity index (χ3v) is 21.4. The molecule has 2 fully saturated rings. The molecule has 0 aliphatic carbocycles. The van der Waals surface area contributed by atoms with E-state index in [0.29, 0.717) is 93.3 Å². The summed E-state index contributed by atoms with van der Waals surface area (Å²) in [6.07, 6.45) is 12.8. The number of benzene rings is 8. The predicted molar refractivity (Wildman–Crippen MR) is 472 cm³/mol. The standard InChI is InChI=1S/C26H25N3O4.C26H25N3O3.C26H27N3O3.C19H14N2O2/c30-23-15-17(7-9-20(23)25(31)27-11-14-29-12-3-4-13-29)24-10-8-18(33-24)16-21-19-5-1-2-6-22(19)28-26(21)32;30-25(12-15-29-13-3-4-14-29)27-19-7-5-6-18(16-19)24-11-10-20(32-24)17-22-21-8-1-2-9-23(21)28-26(22)31;1-3-29(4-2)15-14-25(30)27-19-9-7-8-18(16-19)24-13-12-20(32-24)17-22-21-10-5-6-11-23(21)28-26(22)31;20-13-5-3-4-12(10-13)18-9-8-14(23-18)11-16-15-6-1-2-7-17(15)21-19(16)22/h1-2,5-10,15-16,30H,3-4,11-14H2,(H,27,31)(H,28,32);1-2,5-11,16-17H,3-4,12-15H2,(H,27,30)(H,28,31);5-13,16-17H,3-4,14-15H2,1-2H3,(H,27,30)(H,28,31);1-11H,20H2,(H,21,22)/b21-16+;2*22-17+;16-11+. The molecule has 2 saturated heterocycles. The van der Waals surface area contributed by atoms with Crippen LogP contribution in [0, 0.1) is 0 Å². The summed E-state index contributed by atoms with van der Waals surface area (Å²) < 4.78 is 23.7. The Hall–Kier alpha value is -14.4. The maximum absolute atomic E-state index is 12.5. The zero-order valence-corrected chi connectivity index (χ0v) is 66.5. The Bertz CT molecular complexity index is 5780. The summed E-state index contributed by atoms with van der Waals surface area (Å²) in [4.78, 5) is 93.1. The topological polar surface area (TPSA) is 312 Å². The van der Waals surface area contributed by atoms with E-state index in [1.54, 1.807) is 48.6 Å². The maximum atomic E-state index is 12.5. The summed E-state index contributed by atoms with van der Waals surface area (Å²) in [6, 6.07) is 72.5. The van der Waals surface area contributed by atoms with Gasteiger partial charge in [0.15, 0.2) is 0 Å². The number of hydrogen-bond donors (Lipinski definition) is 9. The number of likely N-dealkylation sites (tertiary alicyclic amines) is 2. The fourth-order valence-electron chi connectivity index (χ4n) is 15.1. The Kier molecular flexibility index (Phi) is 25.4. The second-order valence-corrected chi connectivity index (χ2v) is 29.5. The van der Waals surface area contributed by atoms with Gasteiger partial charge >= 0.3 is 0 Å². The number of carbonyl (C=O) groups excluding carboxylic acids is 7. The molecular weight excluding hydrogens is 1510 g/mol. The van der Waals surface area contributed by atoms with E-state index in [2.05, 4.69) is 65.8 Å². The molecule has 8 aromatic carbocycles. The SMILES string of the molecule is CCN(CC)CCC(=O)Nc1cccc(-c2ccc(/C=C3/C(=O)Nc4ccccc43)o2)c1.Nc1cccc(-c2ccc(/C=C3/C(=O)Nc4ccccc43)o2)c1.O=C(CCN1CCCC1)Nc1cccc(-c2ccc(/C=C3/C(=O)Nc4ccccc43)o2)c1.O=C1Nc2ccccc2/C1=C\c1ccc(-c2ccc(C(=O)NCCN3CCCC3)c(O)c2)o1. The van der Waals surface area contributed by atoms with Gasteiger partial charge < -0.3 is 80.4 Å². The average Bonchev–Trinajstić information content (AvgIpc) is 1.68. The molecule has 0 bridgehead atoms. The summed E-state index contributed by atoms with van der Waals surface area (Å²) in [6.45, 7) is 13.3. The van der Waals surface area contributed by atoms with E-state index in [1.807, 2.05) is 206 Å². The zero-order chi connectivity index (χ0) is 83.0. The number of hydrogen-bond acceptors (Lipinski definition) is 16. The molecular formula is C97H91N11O12. The number of nitrogen functional groups attached to an aromatic ring is 1. The highest BCUT2D eigenvalue weighted by Gasteiger charge is 2.29. The number of rotatable bonds is 22. The Morgan fingerprint density at radius 3 is 1.16 bits per heavy atom. The summed E-state index contributed by atoms with van der Waals surface area (Å²) in [5, 5.41) is 30.7. The van der Waals surface area contributed by atoms with E-state index >= 15 is 0 Å². The van der Waals surface area contributed by atoms with Gasteiger partial charge in [0.2, 0.25) is 11.8 Å². The quantitative estimate of drug-likeness (QED) is 0.0225. The van der Waals surface area contributed by atoms with Gasteiger partial charge in [0.05, 0.1) is 27.9 Å². The Balaban J connectivity index is 0.000000126. The summed E-state index contributed by atoms with van der Waals surface area (Å²) >= 11 is 0. The van der Waals surface area contributed by atoms with Gasteiger partial charge in [-0.15, -0.1) is 0 Å². The lowest BCUT2D eigenvalue weighted by atomic mass is 10.1. The molecule has 0 radical (unpaired) electrons. The van der Waals surface area contributed by atoms with Gasteiger partial charge in [0.1, 0.15) is 51.8 Å². The minimum atomic E-state index is -0.297. The van der Waals surface area contributed by atoms with Crippen LogP contribution in [0.4, 0.5) is 39.8 Å². The fourth-order valence-corrected chi connectivity index (χ4v) is 15.1. The van der Waals surface area contributed by atoms with Gasteiger partial charge in [-0.2, -0.15) is 0 Å². The number of phenols is 1. The Morgan fingerprint density at radius 1 is 0.417 bits per heavy atom. The number of amides is 7. The van der Waals surface area contributed by atoms with Crippen LogP contribution in [-0.4, -0.2) is 127 Å². The van der Waals surface area contributed by atoms with Crippen molar-refractivity contribution >= 4 is 128 Å². The highest BCUT2D eigenvalue weighted by Crippen LogP contribution is 2.40. The first-order valence-corrected chi connectivity index (χ1v) is 40.4. The Morgan fingerprint density at radius 2 is 0.775 bits per heavy atom. The van der Waals surface area contributed by atoms with Gasteiger partial charge in [-0.05, 0) is 211 Å². The number of nitrogens with one attached hydrogen (secondary N) is 7. The number of nitrogens with zero attached hydrogens (tertiary/aromatic N) is 3. The van der Waals surface area contributed by atoms with E-state index in [4.69, 9.17) is 23.4 Å². The van der Waals surface area contributed by atoms with Crippen LogP contribution in [0.5, 0.6) is 5.75 Å². The van der Waals surface area contributed by atoms with Crippen molar-refractivity contribution in [3.63, 3.8) is 0 Å². The lowest BCUT2D eigenvalue weighted by molar-refractivity contribution is -0.117. The number of anilines is 7. The highest BCUT2D eigenvalue weighted by molar-refractivity contribution is 6.37.